The van der Waals surface area contributed by atoms with Gasteiger partial charge in [0.05, 0.1) is 17.6 Å². The lowest BCUT2D eigenvalue weighted by atomic mass is 10.2. The molecule has 3 rings (SSSR count). The van der Waals surface area contributed by atoms with Crippen LogP contribution in [0.2, 0.25) is 0 Å². The van der Waals surface area contributed by atoms with Crippen molar-refractivity contribution in [3.05, 3.63) is 59.9 Å². The van der Waals surface area contributed by atoms with Gasteiger partial charge in [-0.2, -0.15) is 13.2 Å². The van der Waals surface area contributed by atoms with Crippen molar-refractivity contribution in [3.63, 3.8) is 0 Å². The lowest BCUT2D eigenvalue weighted by Crippen LogP contribution is -2.29. The predicted octanol–water partition coefficient (Wildman–Crippen LogP) is 4.44. The predicted molar refractivity (Wildman–Crippen MR) is 89.4 cm³/mol. The lowest BCUT2D eigenvalue weighted by molar-refractivity contribution is -0.137. The van der Waals surface area contributed by atoms with E-state index in [1.807, 2.05) is 0 Å². The van der Waals surface area contributed by atoms with Crippen molar-refractivity contribution in [2.45, 2.75) is 12.6 Å². The number of amides is 1. The number of nitrogens with one attached hydrogen (secondary N) is 1. The molecule has 0 saturated carbocycles. The van der Waals surface area contributed by atoms with E-state index in [9.17, 15) is 26.7 Å². The molecule has 0 radical (unpaired) electrons. The van der Waals surface area contributed by atoms with Crippen LogP contribution in [0.15, 0.2) is 48.7 Å². The Labute approximate surface area is 155 Å². The molecule has 0 fully saturated rings. The van der Waals surface area contributed by atoms with Gasteiger partial charge < -0.3 is 10.1 Å². The standard InChI is InChI=1S/C18H12F5N3O2/c19-15(20)9-25-17(27)14-4-1-10-7-12(3-5-13(10)26-14)28-16-6-2-11(8-24-16)18(21,22)23/h1-8,15H,9H2,(H,25,27). The van der Waals surface area contributed by atoms with Crippen molar-refractivity contribution in [3.8, 4) is 11.6 Å². The van der Waals surface area contributed by atoms with Gasteiger partial charge in [0.15, 0.2) is 0 Å². The molecule has 0 aliphatic carbocycles. The molecule has 0 unspecified atom stereocenters. The first kappa shape index (κ1) is 19.5. The van der Waals surface area contributed by atoms with Crippen LogP contribution in [0, 0.1) is 0 Å². The zero-order valence-corrected chi connectivity index (χ0v) is 14.0. The van der Waals surface area contributed by atoms with E-state index in [1.165, 1.54) is 18.2 Å². The van der Waals surface area contributed by atoms with Crippen LogP contribution in [-0.4, -0.2) is 28.8 Å². The Morgan fingerprint density at radius 3 is 2.54 bits per heavy atom. The largest absolute Gasteiger partial charge is 0.439 e. The first-order chi connectivity index (χ1) is 13.2. The molecular weight excluding hydrogens is 385 g/mol. The summed E-state index contributed by atoms with van der Waals surface area (Å²) in [6.07, 6.45) is -6.48. The van der Waals surface area contributed by atoms with Crippen LogP contribution in [0.1, 0.15) is 16.1 Å². The van der Waals surface area contributed by atoms with E-state index in [0.717, 1.165) is 12.1 Å². The SMILES string of the molecule is O=C(NCC(F)F)c1ccc2cc(Oc3ccc(C(F)(F)F)cn3)ccc2n1. The van der Waals surface area contributed by atoms with E-state index in [4.69, 9.17) is 4.74 Å². The number of carbonyl (C=O) groups excluding carboxylic acids is 1. The summed E-state index contributed by atoms with van der Waals surface area (Å²) >= 11 is 0. The number of ether oxygens (including phenoxy) is 1. The van der Waals surface area contributed by atoms with Crippen LogP contribution in [0.4, 0.5) is 22.0 Å². The fourth-order valence-corrected chi connectivity index (χ4v) is 2.28. The second kappa shape index (κ2) is 7.75. The Morgan fingerprint density at radius 1 is 1.11 bits per heavy atom. The molecule has 2 aromatic heterocycles. The first-order valence-electron chi connectivity index (χ1n) is 7.90. The zero-order valence-electron chi connectivity index (χ0n) is 14.0. The lowest BCUT2D eigenvalue weighted by Gasteiger charge is -2.09. The number of hydrogen-bond acceptors (Lipinski definition) is 4. The molecule has 0 atom stereocenters. The number of carbonyl (C=O) groups is 1. The van der Waals surface area contributed by atoms with E-state index in [1.54, 1.807) is 12.1 Å². The number of nitrogens with zero attached hydrogens (tertiary/aromatic N) is 2. The van der Waals surface area contributed by atoms with Crippen molar-refractivity contribution in [1.82, 2.24) is 15.3 Å². The van der Waals surface area contributed by atoms with Gasteiger partial charge in [-0.1, -0.05) is 6.07 Å². The van der Waals surface area contributed by atoms with Crippen molar-refractivity contribution in [2.24, 2.45) is 0 Å². The van der Waals surface area contributed by atoms with Gasteiger partial charge in [0.2, 0.25) is 5.88 Å². The van der Waals surface area contributed by atoms with Gasteiger partial charge in [0, 0.05) is 17.6 Å². The summed E-state index contributed by atoms with van der Waals surface area (Å²) in [5, 5.41) is 2.64. The average Bonchev–Trinajstić information content (AvgIpc) is 2.65. The maximum Gasteiger partial charge on any atom is 0.417 e. The highest BCUT2D eigenvalue weighted by Crippen LogP contribution is 2.30. The second-order valence-corrected chi connectivity index (χ2v) is 5.64. The van der Waals surface area contributed by atoms with Crippen molar-refractivity contribution >= 4 is 16.8 Å². The summed E-state index contributed by atoms with van der Waals surface area (Å²) in [5.74, 6) is -0.448. The average molecular weight is 397 g/mol. The van der Waals surface area contributed by atoms with E-state index in [2.05, 4.69) is 15.3 Å². The number of fused-ring (bicyclic) bond motifs is 1. The van der Waals surface area contributed by atoms with Crippen LogP contribution in [0.3, 0.4) is 0 Å². The molecule has 5 nitrogen and oxygen atoms in total. The fraction of sp³-hybridized carbons (Fsp3) is 0.167. The highest BCUT2D eigenvalue weighted by molar-refractivity contribution is 5.95. The van der Waals surface area contributed by atoms with Crippen LogP contribution < -0.4 is 10.1 Å². The number of benzene rings is 1. The third-order valence-electron chi connectivity index (χ3n) is 3.60. The highest BCUT2D eigenvalue weighted by Gasteiger charge is 2.30. The molecule has 28 heavy (non-hydrogen) atoms. The summed E-state index contributed by atoms with van der Waals surface area (Å²) in [4.78, 5) is 19.5. The Bertz CT molecular complexity index is 991. The smallest absolute Gasteiger partial charge is 0.417 e. The van der Waals surface area contributed by atoms with Gasteiger partial charge in [0.1, 0.15) is 11.4 Å². The number of rotatable bonds is 5. The monoisotopic (exact) mass is 397 g/mol. The molecule has 0 aliphatic heterocycles. The maximum absolute atomic E-state index is 12.5. The Kier molecular flexibility index (Phi) is 5.39. The molecular formula is C18H12F5N3O2. The minimum Gasteiger partial charge on any atom is -0.439 e. The summed E-state index contributed by atoms with van der Waals surface area (Å²) in [6.45, 7) is -0.772. The molecule has 1 amide bonds. The molecule has 0 aliphatic rings. The van der Waals surface area contributed by atoms with Crippen LogP contribution in [0.25, 0.3) is 10.9 Å². The van der Waals surface area contributed by atoms with Gasteiger partial charge in [-0.15, -0.1) is 0 Å². The van der Waals surface area contributed by atoms with Crippen molar-refractivity contribution in [2.75, 3.05) is 6.54 Å². The molecule has 0 saturated heterocycles. The van der Waals surface area contributed by atoms with Crippen molar-refractivity contribution in [1.29, 1.82) is 0 Å². The third-order valence-corrected chi connectivity index (χ3v) is 3.60. The quantitative estimate of drug-likeness (QED) is 0.647. The molecule has 10 heteroatoms. The van der Waals surface area contributed by atoms with E-state index in [-0.39, 0.29) is 11.6 Å². The van der Waals surface area contributed by atoms with Gasteiger partial charge in [-0.05, 0) is 30.3 Å². The zero-order chi connectivity index (χ0) is 20.3. The molecule has 2 heterocycles. The molecule has 1 aromatic carbocycles. The number of alkyl halides is 5. The second-order valence-electron chi connectivity index (χ2n) is 5.64. The molecule has 0 spiro atoms. The normalized spacial score (nSPS) is 11.6. The van der Waals surface area contributed by atoms with Gasteiger partial charge in [-0.25, -0.2) is 18.7 Å². The maximum atomic E-state index is 12.5. The summed E-state index contributed by atoms with van der Waals surface area (Å²) in [6, 6.07) is 9.45. The fourth-order valence-electron chi connectivity index (χ4n) is 2.28. The summed E-state index contributed by atoms with van der Waals surface area (Å²) in [7, 11) is 0. The number of aromatic nitrogens is 2. The number of pyridine rings is 2. The van der Waals surface area contributed by atoms with Gasteiger partial charge in [-0.3, -0.25) is 4.79 Å². The Balaban J connectivity index is 1.75. The van der Waals surface area contributed by atoms with E-state index < -0.39 is 30.6 Å². The molecule has 3 aromatic rings. The topological polar surface area (TPSA) is 64.1 Å². The molecule has 0 bridgehead atoms. The third kappa shape index (κ3) is 4.70. The van der Waals surface area contributed by atoms with Gasteiger partial charge >= 0.3 is 6.18 Å². The van der Waals surface area contributed by atoms with Crippen LogP contribution >= 0.6 is 0 Å². The first-order valence-corrected chi connectivity index (χ1v) is 7.90. The summed E-state index contributed by atoms with van der Waals surface area (Å²) in [5.41, 5.74) is -0.496. The van der Waals surface area contributed by atoms with Crippen LogP contribution in [-0.2, 0) is 6.18 Å². The highest BCUT2D eigenvalue weighted by atomic mass is 19.4. The van der Waals surface area contributed by atoms with Crippen LogP contribution in [0.5, 0.6) is 11.6 Å². The Morgan fingerprint density at radius 2 is 1.89 bits per heavy atom. The van der Waals surface area contributed by atoms with Crippen molar-refractivity contribution < 1.29 is 31.5 Å². The van der Waals surface area contributed by atoms with E-state index in [0.29, 0.717) is 22.8 Å². The number of halogens is 5. The molecule has 146 valence electrons. The molecule has 1 N–H and O–H groups in total. The van der Waals surface area contributed by atoms with E-state index >= 15 is 0 Å². The van der Waals surface area contributed by atoms with Gasteiger partial charge in [0.25, 0.3) is 12.3 Å². The Hall–Kier alpha value is -3.30. The minimum atomic E-state index is -4.49. The summed E-state index contributed by atoms with van der Waals surface area (Å²) < 4.78 is 67.4. The minimum absolute atomic E-state index is 0.0220. The number of hydrogen-bond donors (Lipinski definition) is 1.